The third-order valence-electron chi connectivity index (χ3n) is 2.40. The molecule has 4 heteroatoms. The molecule has 1 rings (SSSR count). The minimum atomic E-state index is -2.20. The van der Waals surface area contributed by atoms with Crippen molar-refractivity contribution in [2.45, 2.75) is 32.0 Å². The Labute approximate surface area is 73.2 Å². The lowest BCUT2D eigenvalue weighted by Crippen LogP contribution is -2.22. The van der Waals surface area contributed by atoms with Gasteiger partial charge in [-0.15, -0.1) is 0 Å². The van der Waals surface area contributed by atoms with Crippen LogP contribution in [0.1, 0.15) is 19.8 Å². The molecule has 0 radical (unpaired) electrons. The van der Waals surface area contributed by atoms with Gasteiger partial charge in [0.05, 0.1) is 19.3 Å². The largest absolute Gasteiger partial charge is 0.390 e. The number of unbranched alkanes of at least 4 members (excludes halogenated alkanes) is 1. The van der Waals surface area contributed by atoms with E-state index < -0.39 is 19.3 Å². The fourth-order valence-electron chi connectivity index (χ4n) is 1.63. The minimum absolute atomic E-state index is 0.328. The maximum Gasteiger partial charge on any atom is 0.0930 e. The van der Waals surface area contributed by atoms with Gasteiger partial charge in [-0.2, -0.15) is 0 Å². The van der Waals surface area contributed by atoms with Gasteiger partial charge >= 0.3 is 0 Å². The van der Waals surface area contributed by atoms with Crippen LogP contribution < -0.4 is 0 Å². The first-order valence-electron chi connectivity index (χ1n) is 4.50. The Morgan fingerprint density at radius 1 is 1.33 bits per heavy atom. The van der Waals surface area contributed by atoms with Crippen LogP contribution in [0.3, 0.4) is 0 Å². The van der Waals surface area contributed by atoms with Crippen LogP contribution in [0.2, 0.25) is 0 Å². The lowest BCUT2D eigenvalue weighted by Gasteiger charge is -2.08. The van der Waals surface area contributed by atoms with E-state index in [1.54, 1.807) is 0 Å². The maximum atomic E-state index is 11.9. The molecule has 1 aliphatic rings. The monoisotopic (exact) mass is 192 g/mol. The van der Waals surface area contributed by atoms with Gasteiger partial charge in [0.15, 0.2) is 0 Å². The fourth-order valence-corrected chi connectivity index (χ4v) is 4.89. The highest BCUT2D eigenvalue weighted by molar-refractivity contribution is 7.64. The van der Waals surface area contributed by atoms with Crippen LogP contribution in [0.15, 0.2) is 0 Å². The molecule has 0 saturated carbocycles. The first kappa shape index (κ1) is 10.2. The zero-order valence-corrected chi connectivity index (χ0v) is 8.33. The summed E-state index contributed by atoms with van der Waals surface area (Å²) in [4.78, 5) is 0. The molecule has 0 bridgehead atoms. The molecule has 2 N–H and O–H groups in total. The van der Waals surface area contributed by atoms with Crippen molar-refractivity contribution in [1.82, 2.24) is 0 Å². The molecular weight excluding hydrogens is 175 g/mol. The van der Waals surface area contributed by atoms with Crippen molar-refractivity contribution >= 4 is 7.14 Å². The van der Waals surface area contributed by atoms with E-state index in [9.17, 15) is 14.8 Å². The number of hydrogen-bond donors (Lipinski definition) is 2. The Morgan fingerprint density at radius 3 is 2.25 bits per heavy atom. The summed E-state index contributed by atoms with van der Waals surface area (Å²) in [5.74, 6) is 0. The minimum Gasteiger partial charge on any atom is -0.390 e. The van der Waals surface area contributed by atoms with E-state index in [2.05, 4.69) is 6.92 Å². The standard InChI is InChI=1S/C8H17O3P/c1-2-3-4-12(11)5-7(9)8(10)6-12/h7-10H,2-6H2,1H3. The Hall–Kier alpha value is 0.150. The summed E-state index contributed by atoms with van der Waals surface area (Å²) in [5.41, 5.74) is 0. The molecule has 0 aromatic rings. The number of hydrogen-bond acceptors (Lipinski definition) is 3. The highest BCUT2D eigenvalue weighted by Gasteiger charge is 2.39. The number of aliphatic hydroxyl groups is 2. The van der Waals surface area contributed by atoms with Crippen molar-refractivity contribution in [2.75, 3.05) is 18.5 Å². The molecule has 0 aliphatic carbocycles. The second kappa shape index (κ2) is 3.91. The van der Waals surface area contributed by atoms with Crippen LogP contribution in [0.5, 0.6) is 0 Å². The first-order valence-corrected chi connectivity index (χ1v) is 6.77. The van der Waals surface area contributed by atoms with E-state index >= 15 is 0 Å². The molecular formula is C8H17O3P. The SMILES string of the molecule is CCCCP1(=O)CC(O)C(O)C1. The molecule has 12 heavy (non-hydrogen) atoms. The Balaban J connectivity index is 2.46. The van der Waals surface area contributed by atoms with Crippen molar-refractivity contribution in [1.29, 1.82) is 0 Å². The average molecular weight is 192 g/mol. The van der Waals surface area contributed by atoms with Gasteiger partial charge in [-0.3, -0.25) is 0 Å². The van der Waals surface area contributed by atoms with Crippen molar-refractivity contribution in [2.24, 2.45) is 0 Å². The van der Waals surface area contributed by atoms with Gasteiger partial charge in [-0.1, -0.05) is 13.3 Å². The molecule has 1 aliphatic heterocycles. The predicted molar refractivity (Wildman–Crippen MR) is 49.1 cm³/mol. The second-order valence-corrected chi connectivity index (χ2v) is 6.93. The third-order valence-corrected chi connectivity index (χ3v) is 5.61. The quantitative estimate of drug-likeness (QED) is 0.653. The van der Waals surface area contributed by atoms with Gasteiger partial charge in [0.25, 0.3) is 0 Å². The van der Waals surface area contributed by atoms with Crippen LogP contribution in [-0.2, 0) is 4.57 Å². The molecule has 2 unspecified atom stereocenters. The molecule has 1 saturated heterocycles. The summed E-state index contributed by atoms with van der Waals surface area (Å²) in [6, 6.07) is 0. The number of aliphatic hydroxyl groups excluding tert-OH is 2. The van der Waals surface area contributed by atoms with Gasteiger partial charge in [-0.05, 0) is 6.42 Å². The van der Waals surface area contributed by atoms with Crippen LogP contribution >= 0.6 is 7.14 Å². The van der Waals surface area contributed by atoms with Crippen LogP contribution in [0.4, 0.5) is 0 Å². The lowest BCUT2D eigenvalue weighted by molar-refractivity contribution is 0.0572. The van der Waals surface area contributed by atoms with Crippen LogP contribution in [0, 0.1) is 0 Å². The van der Waals surface area contributed by atoms with E-state index in [-0.39, 0.29) is 0 Å². The van der Waals surface area contributed by atoms with E-state index in [0.29, 0.717) is 18.5 Å². The summed E-state index contributed by atoms with van der Waals surface area (Å²) >= 11 is 0. The zero-order chi connectivity index (χ0) is 9.19. The molecule has 2 atom stereocenters. The predicted octanol–water partition coefficient (Wildman–Crippen LogP) is 0.885. The molecule has 0 aromatic carbocycles. The van der Waals surface area contributed by atoms with Crippen LogP contribution in [0.25, 0.3) is 0 Å². The van der Waals surface area contributed by atoms with E-state index in [4.69, 9.17) is 0 Å². The summed E-state index contributed by atoms with van der Waals surface area (Å²) in [7, 11) is -2.20. The Bertz CT molecular complexity index is 179. The Morgan fingerprint density at radius 2 is 1.83 bits per heavy atom. The molecule has 1 heterocycles. The Kier molecular flexibility index (Phi) is 3.33. The summed E-state index contributed by atoms with van der Waals surface area (Å²) in [6.45, 7) is 2.05. The average Bonchev–Trinajstić information content (AvgIpc) is 2.24. The van der Waals surface area contributed by atoms with Crippen LogP contribution in [-0.4, -0.2) is 40.9 Å². The van der Waals surface area contributed by atoms with E-state index in [0.717, 1.165) is 12.8 Å². The number of rotatable bonds is 3. The molecule has 0 spiro atoms. The fraction of sp³-hybridized carbons (Fsp3) is 1.00. The van der Waals surface area contributed by atoms with Crippen molar-refractivity contribution < 1.29 is 14.8 Å². The normalized spacial score (nSPS) is 41.9. The van der Waals surface area contributed by atoms with Gasteiger partial charge in [0.1, 0.15) is 0 Å². The lowest BCUT2D eigenvalue weighted by atomic mass is 10.3. The smallest absolute Gasteiger partial charge is 0.0930 e. The zero-order valence-electron chi connectivity index (χ0n) is 7.44. The second-order valence-electron chi connectivity index (χ2n) is 3.64. The maximum absolute atomic E-state index is 11.9. The topological polar surface area (TPSA) is 57.5 Å². The van der Waals surface area contributed by atoms with Gasteiger partial charge < -0.3 is 14.8 Å². The molecule has 0 amide bonds. The molecule has 72 valence electrons. The third kappa shape index (κ3) is 2.32. The van der Waals surface area contributed by atoms with Gasteiger partial charge in [0.2, 0.25) is 0 Å². The highest BCUT2D eigenvalue weighted by atomic mass is 31.2. The van der Waals surface area contributed by atoms with Gasteiger partial charge in [-0.25, -0.2) is 0 Å². The molecule has 1 fully saturated rings. The summed E-state index contributed by atoms with van der Waals surface area (Å²) in [6.07, 6.45) is 1.83. The van der Waals surface area contributed by atoms with E-state index in [1.165, 1.54) is 0 Å². The van der Waals surface area contributed by atoms with Crippen molar-refractivity contribution in [3.8, 4) is 0 Å². The highest BCUT2D eigenvalue weighted by Crippen LogP contribution is 2.52. The summed E-state index contributed by atoms with van der Waals surface area (Å²) < 4.78 is 11.9. The first-order chi connectivity index (χ1) is 5.57. The molecule has 0 aromatic heterocycles. The van der Waals surface area contributed by atoms with Gasteiger partial charge in [0, 0.05) is 18.5 Å². The summed E-state index contributed by atoms with van der Waals surface area (Å²) in [5, 5.41) is 18.4. The van der Waals surface area contributed by atoms with E-state index in [1.807, 2.05) is 0 Å². The van der Waals surface area contributed by atoms with Crippen molar-refractivity contribution in [3.05, 3.63) is 0 Å². The van der Waals surface area contributed by atoms with Crippen molar-refractivity contribution in [3.63, 3.8) is 0 Å². The molecule has 3 nitrogen and oxygen atoms in total.